The van der Waals surface area contributed by atoms with Gasteiger partial charge in [0.15, 0.2) is 0 Å². The first-order valence-electron chi connectivity index (χ1n) is 3.50. The van der Waals surface area contributed by atoms with Gasteiger partial charge in [-0.2, -0.15) is 0 Å². The van der Waals surface area contributed by atoms with E-state index >= 15 is 0 Å². The largest absolute Gasteiger partial charge is 0.480 e. The number of aryl methyl sites for hydroxylation is 1. The van der Waals surface area contributed by atoms with Crippen LogP contribution in [0.5, 0.6) is 0 Å². The average molecular weight is 184 g/mol. The normalized spacial score (nSPS) is 9.92. The number of nitrogens with zero attached hydrogens (tertiary/aromatic N) is 2. The van der Waals surface area contributed by atoms with Gasteiger partial charge >= 0.3 is 11.7 Å². The van der Waals surface area contributed by atoms with Gasteiger partial charge in [0, 0.05) is 19.3 Å². The Bertz CT molecular complexity index is 443. The van der Waals surface area contributed by atoms with Crippen molar-refractivity contribution in [1.82, 2.24) is 9.13 Å². The van der Waals surface area contributed by atoms with Crippen LogP contribution < -0.4 is 11.2 Å². The maximum Gasteiger partial charge on any atom is 0.331 e. The van der Waals surface area contributed by atoms with Crippen LogP contribution in [0.1, 0.15) is 0 Å². The summed E-state index contributed by atoms with van der Waals surface area (Å²) in [7, 11) is 1.44. The highest BCUT2D eigenvalue weighted by atomic mass is 16.4. The number of carboxylic acid groups (broad SMARTS) is 1. The molecule has 0 saturated carbocycles. The molecule has 0 bridgehead atoms. The van der Waals surface area contributed by atoms with Gasteiger partial charge < -0.3 is 9.67 Å². The molecule has 0 aliphatic carbocycles. The fraction of sp³-hybridized carbons (Fsp3) is 0.286. The monoisotopic (exact) mass is 184 g/mol. The van der Waals surface area contributed by atoms with Gasteiger partial charge in [-0.1, -0.05) is 0 Å². The SMILES string of the molecule is Cn1ccc(=O)n(CC(=O)O)c1=O. The summed E-state index contributed by atoms with van der Waals surface area (Å²) in [5.41, 5.74) is -1.24. The van der Waals surface area contributed by atoms with Gasteiger partial charge in [0.25, 0.3) is 5.56 Å². The van der Waals surface area contributed by atoms with E-state index in [0.717, 1.165) is 10.6 Å². The Morgan fingerprint density at radius 3 is 2.69 bits per heavy atom. The van der Waals surface area contributed by atoms with Crippen LogP contribution >= 0.6 is 0 Å². The first kappa shape index (κ1) is 9.24. The van der Waals surface area contributed by atoms with Crippen LogP contribution in [0.25, 0.3) is 0 Å². The summed E-state index contributed by atoms with van der Waals surface area (Å²) in [6.07, 6.45) is 1.29. The van der Waals surface area contributed by atoms with Crippen LogP contribution in [0.2, 0.25) is 0 Å². The summed E-state index contributed by atoms with van der Waals surface area (Å²) in [5.74, 6) is -1.22. The molecule has 1 N–H and O–H groups in total. The summed E-state index contributed by atoms with van der Waals surface area (Å²) in [4.78, 5) is 32.5. The lowest BCUT2D eigenvalue weighted by molar-refractivity contribution is -0.137. The highest BCUT2D eigenvalue weighted by Gasteiger charge is 2.05. The van der Waals surface area contributed by atoms with E-state index in [2.05, 4.69) is 0 Å². The highest BCUT2D eigenvalue weighted by molar-refractivity contribution is 5.66. The van der Waals surface area contributed by atoms with Crippen molar-refractivity contribution in [2.45, 2.75) is 6.54 Å². The van der Waals surface area contributed by atoms with E-state index in [1.165, 1.54) is 13.2 Å². The Kier molecular flexibility index (Phi) is 2.32. The van der Waals surface area contributed by atoms with Gasteiger partial charge in [0.2, 0.25) is 0 Å². The second-order valence-corrected chi connectivity index (χ2v) is 2.53. The van der Waals surface area contributed by atoms with Crippen LogP contribution in [0.15, 0.2) is 21.9 Å². The molecule has 1 aromatic heterocycles. The van der Waals surface area contributed by atoms with Gasteiger partial charge in [-0.3, -0.25) is 9.59 Å². The van der Waals surface area contributed by atoms with Crippen LogP contribution in [0.4, 0.5) is 0 Å². The lowest BCUT2D eigenvalue weighted by atomic mass is 10.5. The van der Waals surface area contributed by atoms with Crippen molar-refractivity contribution < 1.29 is 9.90 Å². The lowest BCUT2D eigenvalue weighted by Gasteiger charge is -2.02. The third kappa shape index (κ3) is 1.84. The zero-order valence-corrected chi connectivity index (χ0v) is 6.93. The summed E-state index contributed by atoms with van der Waals surface area (Å²) >= 11 is 0. The van der Waals surface area contributed by atoms with Crippen molar-refractivity contribution in [3.05, 3.63) is 33.1 Å². The van der Waals surface area contributed by atoms with Crippen LogP contribution in [0.3, 0.4) is 0 Å². The smallest absolute Gasteiger partial charge is 0.331 e. The van der Waals surface area contributed by atoms with Crippen molar-refractivity contribution in [3.8, 4) is 0 Å². The van der Waals surface area contributed by atoms with Gasteiger partial charge in [-0.15, -0.1) is 0 Å². The van der Waals surface area contributed by atoms with E-state index in [1.54, 1.807) is 0 Å². The van der Waals surface area contributed by atoms with Gasteiger partial charge in [-0.25, -0.2) is 9.36 Å². The predicted octanol–water partition coefficient (Wildman–Crippen LogP) is -1.37. The second kappa shape index (κ2) is 3.26. The molecule has 6 nitrogen and oxygen atoms in total. The molecule has 70 valence electrons. The van der Waals surface area contributed by atoms with E-state index in [1.807, 2.05) is 0 Å². The highest BCUT2D eigenvalue weighted by Crippen LogP contribution is 1.74. The van der Waals surface area contributed by atoms with E-state index in [9.17, 15) is 14.4 Å². The predicted molar refractivity (Wildman–Crippen MR) is 43.6 cm³/mol. The van der Waals surface area contributed by atoms with Gasteiger partial charge in [-0.05, 0) is 0 Å². The number of carbonyl (C=O) groups is 1. The molecule has 0 unspecified atom stereocenters. The molecule has 0 fully saturated rings. The maximum atomic E-state index is 11.2. The summed E-state index contributed by atoms with van der Waals surface area (Å²) in [6, 6.07) is 1.14. The van der Waals surface area contributed by atoms with Crippen molar-refractivity contribution >= 4 is 5.97 Å². The Labute approximate surface area is 72.7 Å². The Morgan fingerprint density at radius 2 is 2.15 bits per heavy atom. The molecule has 0 radical (unpaired) electrons. The van der Waals surface area contributed by atoms with E-state index in [0.29, 0.717) is 4.57 Å². The molecule has 0 atom stereocenters. The van der Waals surface area contributed by atoms with Crippen molar-refractivity contribution in [1.29, 1.82) is 0 Å². The zero-order chi connectivity index (χ0) is 10.0. The summed E-state index contributed by atoms with van der Waals surface area (Å²) < 4.78 is 1.80. The molecule has 0 aliphatic heterocycles. The molecule has 0 aromatic carbocycles. The minimum atomic E-state index is -1.22. The molecule has 0 aliphatic rings. The Morgan fingerprint density at radius 1 is 1.54 bits per heavy atom. The van der Waals surface area contributed by atoms with Crippen LogP contribution in [0, 0.1) is 0 Å². The van der Waals surface area contributed by atoms with Gasteiger partial charge in [0.1, 0.15) is 6.54 Å². The Hall–Kier alpha value is -1.85. The number of rotatable bonds is 2. The molecular formula is C7H8N2O4. The van der Waals surface area contributed by atoms with Crippen LogP contribution in [-0.2, 0) is 18.4 Å². The number of hydrogen-bond acceptors (Lipinski definition) is 3. The third-order valence-electron chi connectivity index (χ3n) is 1.53. The average Bonchev–Trinajstić information content (AvgIpc) is 2.05. The first-order valence-corrected chi connectivity index (χ1v) is 3.50. The molecule has 0 saturated heterocycles. The molecule has 1 rings (SSSR count). The van der Waals surface area contributed by atoms with E-state index in [4.69, 9.17) is 5.11 Å². The summed E-state index contributed by atoms with van der Waals surface area (Å²) in [6.45, 7) is -0.605. The topological polar surface area (TPSA) is 81.3 Å². The zero-order valence-electron chi connectivity index (χ0n) is 6.93. The number of hydrogen-bond donors (Lipinski definition) is 1. The minimum Gasteiger partial charge on any atom is -0.480 e. The standard InChI is InChI=1S/C7H8N2O4/c1-8-3-2-5(10)9(7(8)13)4-6(11)12/h2-3H,4H2,1H3,(H,11,12). The van der Waals surface area contributed by atoms with Crippen molar-refractivity contribution in [3.63, 3.8) is 0 Å². The quantitative estimate of drug-likeness (QED) is 0.615. The van der Waals surface area contributed by atoms with Gasteiger partial charge in [0.05, 0.1) is 0 Å². The first-order chi connectivity index (χ1) is 6.02. The lowest BCUT2D eigenvalue weighted by Crippen LogP contribution is -2.39. The maximum absolute atomic E-state index is 11.2. The molecule has 1 heterocycles. The van der Waals surface area contributed by atoms with Crippen molar-refractivity contribution in [2.75, 3.05) is 0 Å². The second-order valence-electron chi connectivity index (χ2n) is 2.53. The molecule has 13 heavy (non-hydrogen) atoms. The molecule has 0 amide bonds. The third-order valence-corrected chi connectivity index (χ3v) is 1.53. The van der Waals surface area contributed by atoms with Crippen molar-refractivity contribution in [2.24, 2.45) is 7.05 Å². The minimum absolute atomic E-state index is 0.605. The molecule has 6 heteroatoms. The molecule has 1 aromatic rings. The van der Waals surface area contributed by atoms with E-state index < -0.39 is 23.8 Å². The fourth-order valence-electron chi connectivity index (χ4n) is 0.895. The fourth-order valence-corrected chi connectivity index (χ4v) is 0.895. The number of carboxylic acids is 1. The Balaban J connectivity index is 3.35. The molecule has 0 spiro atoms. The number of aromatic nitrogens is 2. The van der Waals surface area contributed by atoms with E-state index in [-0.39, 0.29) is 0 Å². The number of aliphatic carboxylic acids is 1. The van der Waals surface area contributed by atoms with Crippen LogP contribution in [-0.4, -0.2) is 20.2 Å². The summed E-state index contributed by atoms with van der Waals surface area (Å²) in [5, 5.41) is 8.40. The molecular weight excluding hydrogens is 176 g/mol.